The predicted octanol–water partition coefficient (Wildman–Crippen LogP) is 1.99. The van der Waals surface area contributed by atoms with E-state index in [1.54, 1.807) is 12.1 Å². The zero-order chi connectivity index (χ0) is 18.0. The summed E-state index contributed by atoms with van der Waals surface area (Å²) in [5.74, 6) is -0.541. The van der Waals surface area contributed by atoms with Crippen LogP contribution in [-0.2, 0) is 4.79 Å². The summed E-state index contributed by atoms with van der Waals surface area (Å²) in [6, 6.07) is 11.5. The molecule has 0 spiro atoms. The summed E-state index contributed by atoms with van der Waals surface area (Å²) < 4.78 is 0. The van der Waals surface area contributed by atoms with Gasteiger partial charge in [0.25, 0.3) is 11.8 Å². The van der Waals surface area contributed by atoms with E-state index in [9.17, 15) is 9.59 Å². The van der Waals surface area contributed by atoms with Crippen LogP contribution in [0.5, 0.6) is 0 Å². The van der Waals surface area contributed by atoms with Crippen LogP contribution in [0.4, 0.5) is 0 Å². The second kappa shape index (κ2) is 7.01. The molecule has 4 nitrogen and oxygen atoms in total. The zero-order valence-electron chi connectivity index (χ0n) is 14.8. The third-order valence-electron chi connectivity index (χ3n) is 4.63. The first-order chi connectivity index (χ1) is 11.9. The number of hydrogen-bond acceptors (Lipinski definition) is 2. The molecule has 0 aliphatic carbocycles. The summed E-state index contributed by atoms with van der Waals surface area (Å²) >= 11 is 0. The Morgan fingerprint density at radius 3 is 2.48 bits per heavy atom. The average Bonchev–Trinajstić information content (AvgIpc) is 2.57. The monoisotopic (exact) mass is 334 g/mol. The fraction of sp³-hybridized carbons (Fsp3) is 0.286. The molecule has 128 valence electrons. The first-order valence-electron chi connectivity index (χ1n) is 8.50. The normalized spacial score (nSPS) is 15.8. The van der Waals surface area contributed by atoms with Crippen molar-refractivity contribution in [3.63, 3.8) is 0 Å². The van der Waals surface area contributed by atoms with Crippen molar-refractivity contribution in [3.05, 3.63) is 69.2 Å². The molecular weight excluding hydrogens is 312 g/mol. The highest BCUT2D eigenvalue weighted by molar-refractivity contribution is 5.94. The standard InChI is InChI=1S/C21H22N2O2/c1-13-4-6-16(7-5-13)20(24)22-9-8-17-12-18-10-14(2)15(3)11-19(18)23-21(17)25/h4-7,10-12,17H,8-9H2,1-3H3,(H,22,24). The first-order valence-corrected chi connectivity index (χ1v) is 8.50. The lowest BCUT2D eigenvalue weighted by Crippen LogP contribution is -2.36. The molecule has 0 aromatic heterocycles. The van der Waals surface area contributed by atoms with E-state index < -0.39 is 0 Å². The Kier molecular flexibility index (Phi) is 4.79. The SMILES string of the molecule is Cc1ccc(C(=O)NCCC2C=c3cc(C)c(C)cc3=NC2=O)cc1. The molecule has 2 aromatic carbocycles. The molecule has 3 rings (SSSR count). The Bertz CT molecular complexity index is 943. The summed E-state index contributed by atoms with van der Waals surface area (Å²) in [6.45, 7) is 6.49. The van der Waals surface area contributed by atoms with E-state index >= 15 is 0 Å². The van der Waals surface area contributed by atoms with Crippen LogP contribution in [0.15, 0.2) is 41.4 Å². The van der Waals surface area contributed by atoms with E-state index in [0.29, 0.717) is 18.5 Å². The topological polar surface area (TPSA) is 58.5 Å². The third kappa shape index (κ3) is 3.85. The van der Waals surface area contributed by atoms with Crippen LogP contribution in [0.2, 0.25) is 0 Å². The number of nitrogens with one attached hydrogen (secondary N) is 1. The average molecular weight is 334 g/mol. The van der Waals surface area contributed by atoms with Crippen LogP contribution in [0.1, 0.15) is 33.5 Å². The smallest absolute Gasteiger partial charge is 0.253 e. The molecular formula is C21H22N2O2. The van der Waals surface area contributed by atoms with Crippen molar-refractivity contribution in [3.8, 4) is 0 Å². The second-order valence-electron chi connectivity index (χ2n) is 6.63. The van der Waals surface area contributed by atoms with E-state index in [1.165, 1.54) is 5.56 Å². The summed E-state index contributed by atoms with van der Waals surface area (Å²) in [5.41, 5.74) is 4.06. The van der Waals surface area contributed by atoms with Gasteiger partial charge in [-0.3, -0.25) is 9.59 Å². The fourth-order valence-electron chi connectivity index (χ4n) is 2.90. The Labute approximate surface area is 147 Å². The van der Waals surface area contributed by atoms with Crippen LogP contribution in [0.3, 0.4) is 0 Å². The minimum Gasteiger partial charge on any atom is -0.352 e. The van der Waals surface area contributed by atoms with Gasteiger partial charge in [0.1, 0.15) is 0 Å². The summed E-state index contributed by atoms with van der Waals surface area (Å²) in [5, 5.41) is 4.62. The number of nitrogens with zero attached hydrogens (tertiary/aromatic N) is 1. The molecule has 1 aliphatic heterocycles. The maximum Gasteiger partial charge on any atom is 0.253 e. The number of rotatable bonds is 4. The minimum atomic E-state index is -0.284. The van der Waals surface area contributed by atoms with Gasteiger partial charge in [-0.05, 0) is 67.8 Å². The van der Waals surface area contributed by atoms with E-state index in [1.807, 2.05) is 38.1 Å². The van der Waals surface area contributed by atoms with Gasteiger partial charge in [0.2, 0.25) is 0 Å². The van der Waals surface area contributed by atoms with Gasteiger partial charge in [-0.25, -0.2) is 4.99 Å². The molecule has 1 unspecified atom stereocenters. The van der Waals surface area contributed by atoms with Gasteiger partial charge < -0.3 is 5.32 Å². The highest BCUT2D eigenvalue weighted by atomic mass is 16.2. The molecule has 0 fully saturated rings. The number of fused-ring (bicyclic) bond motifs is 1. The molecule has 1 atom stereocenters. The second-order valence-corrected chi connectivity index (χ2v) is 6.63. The summed E-state index contributed by atoms with van der Waals surface area (Å²) in [4.78, 5) is 28.6. The molecule has 4 heteroatoms. The molecule has 1 aliphatic rings. The van der Waals surface area contributed by atoms with Gasteiger partial charge >= 0.3 is 0 Å². The number of aryl methyl sites for hydroxylation is 3. The van der Waals surface area contributed by atoms with Crippen molar-refractivity contribution >= 4 is 17.9 Å². The Morgan fingerprint density at radius 2 is 1.76 bits per heavy atom. The molecule has 0 radical (unpaired) electrons. The molecule has 1 N–H and O–H groups in total. The minimum absolute atomic E-state index is 0.118. The van der Waals surface area contributed by atoms with E-state index in [0.717, 1.165) is 21.7 Å². The lowest BCUT2D eigenvalue weighted by molar-refractivity contribution is -0.120. The largest absolute Gasteiger partial charge is 0.352 e. The Balaban J connectivity index is 1.66. The van der Waals surface area contributed by atoms with Crippen LogP contribution < -0.4 is 15.9 Å². The summed E-state index contributed by atoms with van der Waals surface area (Å²) in [7, 11) is 0. The van der Waals surface area contributed by atoms with Crippen molar-refractivity contribution in [2.24, 2.45) is 10.9 Å². The number of amides is 2. The van der Waals surface area contributed by atoms with Crippen molar-refractivity contribution in [1.82, 2.24) is 5.32 Å². The molecule has 0 bridgehead atoms. The lowest BCUT2D eigenvalue weighted by Gasteiger charge is -2.13. The van der Waals surface area contributed by atoms with Crippen LogP contribution in [-0.4, -0.2) is 18.4 Å². The van der Waals surface area contributed by atoms with E-state index in [-0.39, 0.29) is 17.7 Å². The maximum absolute atomic E-state index is 12.2. The number of hydrogen-bond donors (Lipinski definition) is 1. The number of carbonyl (C=O) groups excluding carboxylic acids is 2. The summed E-state index contributed by atoms with van der Waals surface area (Å²) in [6.07, 6.45) is 2.52. The molecule has 0 saturated heterocycles. The van der Waals surface area contributed by atoms with Gasteiger partial charge in [-0.15, -0.1) is 0 Å². The van der Waals surface area contributed by atoms with Crippen molar-refractivity contribution < 1.29 is 9.59 Å². The molecule has 2 aromatic rings. The van der Waals surface area contributed by atoms with Crippen molar-refractivity contribution in [2.75, 3.05) is 6.54 Å². The van der Waals surface area contributed by atoms with Gasteiger partial charge in [0.15, 0.2) is 0 Å². The van der Waals surface area contributed by atoms with E-state index in [4.69, 9.17) is 0 Å². The number of carbonyl (C=O) groups is 2. The Hall–Kier alpha value is -2.75. The third-order valence-corrected chi connectivity index (χ3v) is 4.63. The highest BCUT2D eigenvalue weighted by Crippen LogP contribution is 2.10. The maximum atomic E-state index is 12.2. The quantitative estimate of drug-likeness (QED) is 0.929. The predicted molar refractivity (Wildman–Crippen MR) is 97.8 cm³/mol. The van der Waals surface area contributed by atoms with Gasteiger partial charge in [0.05, 0.1) is 11.3 Å². The number of benzene rings is 2. The van der Waals surface area contributed by atoms with Crippen molar-refractivity contribution in [1.29, 1.82) is 0 Å². The molecule has 1 heterocycles. The fourth-order valence-corrected chi connectivity index (χ4v) is 2.90. The van der Waals surface area contributed by atoms with Gasteiger partial charge in [0, 0.05) is 12.1 Å². The van der Waals surface area contributed by atoms with Crippen molar-refractivity contribution in [2.45, 2.75) is 27.2 Å². The highest BCUT2D eigenvalue weighted by Gasteiger charge is 2.18. The molecule has 2 amide bonds. The van der Waals surface area contributed by atoms with E-state index in [2.05, 4.69) is 23.3 Å². The van der Waals surface area contributed by atoms with Crippen LogP contribution >= 0.6 is 0 Å². The Morgan fingerprint density at radius 1 is 1.08 bits per heavy atom. The van der Waals surface area contributed by atoms with Gasteiger partial charge in [-0.2, -0.15) is 0 Å². The van der Waals surface area contributed by atoms with Gasteiger partial charge in [-0.1, -0.05) is 23.8 Å². The zero-order valence-corrected chi connectivity index (χ0v) is 14.8. The van der Waals surface area contributed by atoms with Crippen LogP contribution in [0, 0.1) is 26.7 Å². The van der Waals surface area contributed by atoms with Crippen LogP contribution in [0.25, 0.3) is 6.08 Å². The first kappa shape index (κ1) is 17.1. The molecule has 0 saturated carbocycles. The lowest BCUT2D eigenvalue weighted by atomic mass is 9.98. The molecule has 25 heavy (non-hydrogen) atoms.